The molecule has 3 aromatic heterocycles. The summed E-state index contributed by atoms with van der Waals surface area (Å²) >= 11 is 13.2. The van der Waals surface area contributed by atoms with E-state index in [2.05, 4.69) is 69.7 Å². The number of rotatable bonds is 38. The van der Waals surface area contributed by atoms with Crippen molar-refractivity contribution in [3.8, 4) is 40.0 Å². The fourth-order valence-corrected chi connectivity index (χ4v) is 12.8. The standard InChI is InChI=1S/C19H19N3O4S.C18H20N2O4S.C14H17NO4S.C14H15NO3S.C12H14O3S.C9H11NO4.C8H7ClO.C4H8O2.C3H6O2/c1-3-4-5-15(23)21-12-16-22-17(19(24)25-11-10-20)18(26-16)13-6-8-14(27-2)9-7-13;1-4-5-6-14(21)19-11-15-20-16(18(22)23-2)17(24-15)12-7-9-13(25-3)10-8-12;1-4-11(16)15-12(14(18)19-2)13(17)9-5-7-10(20-3)8-6-9;1-4-11-15-12(14(16)17-2)13(18-11)9-5-7-10(19-3)8-6-9;1-8(12(14)15-2)11(13)9-4-6-10(16-3)7-5-9;1-2-3-4-9(13)14-10-7(11)5-6-8(10)12;1-6-2-4-7(5-3-6)8(9)10;1-3-4(5)6-2;1-2-3(4)5/h3,6-9H,1,4-5,11-12H2,2H3,(H,21,23);4,7-10H,1,5-6,11H2,2-3H3,(H,19,21);5-8,12H,4H2,1-3H3,(H,15,16);5-8H,4H2,1-3H3;4-8H,1-3H3;2H,1,3-6H2;2-5H,1H3;3H2,1-2H3;2H2,1H3,(H,4,5). The van der Waals surface area contributed by atoms with Gasteiger partial charge in [-0.1, -0.05) is 124 Å². The number of thioether (sulfide) groups is 5. The number of methoxy groups -OCH3 is 5. The van der Waals surface area contributed by atoms with Gasteiger partial charge < -0.3 is 67.6 Å². The predicted octanol–water partition coefficient (Wildman–Crippen LogP) is 18.2. The molecule has 2 unspecified atom stereocenters. The number of amides is 5. The molecule has 142 heavy (non-hydrogen) atoms. The van der Waals surface area contributed by atoms with Crippen molar-refractivity contribution in [1.29, 1.82) is 5.26 Å². The third-order valence-corrected chi connectivity index (χ3v) is 22.4. The number of nitrogens with zero attached hydrogens (tertiary/aromatic N) is 5. The summed E-state index contributed by atoms with van der Waals surface area (Å²) in [4.78, 5) is 203. The molecule has 0 spiro atoms. The number of allylic oxidation sites excluding steroid dienone is 3. The molecule has 0 aliphatic carbocycles. The van der Waals surface area contributed by atoms with Crippen molar-refractivity contribution < 1.29 is 128 Å². The SMILES string of the molecule is C=CCCC(=O)NCc1nc(C(=O)OC)c(-c2ccc(SC)cc2)o1.C=CCCC(=O)NCc1nc(C(=O)OCC#N)c(-c2ccc(SC)cc2)o1.C=CCCC(=O)ON1C(=O)CCC1=O.CCC(=O)NC(C(=O)OC)C(=O)c1ccc(SC)cc1.CCC(=O)O.CCC(=O)OC.CCc1nc(C(=O)OC)c(-c2ccc(SC)cc2)o1.COC(=O)C(C)C(=O)c1ccc(SC)cc1.Cc1ccc(C(=O)Cl)cc1. The van der Waals surface area contributed by atoms with Crippen LogP contribution in [0.5, 0.6) is 0 Å². The Hall–Kier alpha value is -14.0. The number of aryl methyl sites for hydroxylation is 2. The van der Waals surface area contributed by atoms with E-state index in [1.54, 1.807) is 171 Å². The first-order valence-corrected chi connectivity index (χ1v) is 49.8. The average Bonchev–Trinajstić information content (AvgIpc) is 1.66. The number of aromatic nitrogens is 3. The number of Topliss-reactive ketones (excluding diaryl/α,β-unsaturated/α-hetero) is 2. The quantitative estimate of drug-likeness (QED) is 0.00408. The van der Waals surface area contributed by atoms with Gasteiger partial charge in [0, 0.05) is 109 Å². The lowest BCUT2D eigenvalue weighted by Gasteiger charge is -2.15. The van der Waals surface area contributed by atoms with Crippen LogP contribution in [0.3, 0.4) is 0 Å². The molecule has 0 saturated carbocycles. The summed E-state index contributed by atoms with van der Waals surface area (Å²) in [6.07, 6.45) is 18.9. The zero-order valence-electron chi connectivity index (χ0n) is 81.7. The molecule has 4 N–H and O–H groups in total. The van der Waals surface area contributed by atoms with E-state index in [0.717, 1.165) is 41.2 Å². The van der Waals surface area contributed by atoms with Gasteiger partial charge in [-0.15, -0.1) is 83.6 Å². The van der Waals surface area contributed by atoms with E-state index in [9.17, 15) is 76.7 Å². The first-order chi connectivity index (χ1) is 67.9. The largest absolute Gasteiger partial charge is 0.481 e. The van der Waals surface area contributed by atoms with Gasteiger partial charge >= 0.3 is 47.8 Å². The van der Waals surface area contributed by atoms with Gasteiger partial charge in [0.25, 0.3) is 17.1 Å². The van der Waals surface area contributed by atoms with Gasteiger partial charge in [0.05, 0.1) is 55.1 Å². The van der Waals surface area contributed by atoms with Crippen molar-refractivity contribution >= 4 is 165 Å². The second kappa shape index (κ2) is 69.8. The van der Waals surface area contributed by atoms with Crippen LogP contribution < -0.4 is 16.0 Å². The van der Waals surface area contributed by atoms with E-state index in [1.807, 2.05) is 130 Å². The normalized spacial score (nSPS) is 10.9. The van der Waals surface area contributed by atoms with Crippen LogP contribution in [0.2, 0.25) is 0 Å². The van der Waals surface area contributed by atoms with Crippen molar-refractivity contribution in [2.45, 2.75) is 162 Å². The third kappa shape index (κ3) is 45.1. The Morgan fingerprint density at radius 1 is 0.472 bits per heavy atom. The van der Waals surface area contributed by atoms with Gasteiger partial charge in [0.2, 0.25) is 29.5 Å². The molecule has 0 radical (unpaired) electrons. The number of hydrogen-bond acceptors (Lipinski definition) is 35. The minimum atomic E-state index is -1.30. The highest BCUT2D eigenvalue weighted by atomic mass is 35.5. The Morgan fingerprint density at radius 2 is 0.824 bits per heavy atom. The number of oxazole rings is 3. The topological polar surface area (TPSA) is 499 Å². The number of carboxylic acids is 1. The summed E-state index contributed by atoms with van der Waals surface area (Å²) in [6.45, 7) is 20.8. The van der Waals surface area contributed by atoms with Crippen LogP contribution in [-0.2, 0) is 101 Å². The average molecular weight is 2070 g/mol. The minimum absolute atomic E-state index is 0.0301. The summed E-state index contributed by atoms with van der Waals surface area (Å²) in [5.74, 6) is -5.64. The van der Waals surface area contributed by atoms with Crippen molar-refractivity contribution in [2.24, 2.45) is 5.92 Å². The molecular formula is C101H117ClN8O27S5. The van der Waals surface area contributed by atoms with Gasteiger partial charge in [-0.05, 0) is 149 Å². The fourth-order valence-electron chi connectivity index (χ4n) is 10.7. The summed E-state index contributed by atoms with van der Waals surface area (Å²) in [6, 6.07) is 44.3. The lowest BCUT2D eigenvalue weighted by atomic mass is 10.00. The predicted molar refractivity (Wildman–Crippen MR) is 540 cm³/mol. The number of aliphatic carboxylic acids is 1. The highest BCUT2D eigenvalue weighted by Gasteiger charge is 2.34. The number of ether oxygens (including phenoxy) is 6. The Bertz CT molecular complexity index is 5680. The number of hydrogen-bond donors (Lipinski definition) is 4. The van der Waals surface area contributed by atoms with E-state index in [-0.39, 0.29) is 116 Å². The number of carboxylic acid groups (broad SMARTS) is 1. The zero-order chi connectivity index (χ0) is 106. The van der Waals surface area contributed by atoms with E-state index >= 15 is 0 Å². The molecule has 6 aromatic carbocycles. The molecule has 2 atom stereocenters. The summed E-state index contributed by atoms with van der Waals surface area (Å²) in [5.41, 5.74) is 5.05. The van der Waals surface area contributed by atoms with Crippen molar-refractivity contribution in [3.05, 3.63) is 241 Å². The molecule has 9 aromatic rings. The fraction of sp³-hybridized carbons (Fsp3) is 0.327. The second-order valence-corrected chi connectivity index (χ2v) is 33.1. The number of benzene rings is 6. The van der Waals surface area contributed by atoms with Crippen molar-refractivity contribution in [2.75, 3.05) is 73.4 Å². The molecule has 1 saturated heterocycles. The molecular weight excluding hydrogens is 1950 g/mol. The number of nitriles is 1. The number of esters is 6. The molecule has 1 fully saturated rings. The third-order valence-electron chi connectivity index (χ3n) is 18.5. The number of carbonyl (C=O) groups is 16. The maximum Gasteiger partial charge on any atom is 0.362 e. The Morgan fingerprint density at radius 3 is 1.14 bits per heavy atom. The van der Waals surface area contributed by atoms with Crippen LogP contribution in [0.25, 0.3) is 34.0 Å². The zero-order valence-corrected chi connectivity index (χ0v) is 86.5. The minimum Gasteiger partial charge on any atom is -0.481 e. The number of nitrogens with one attached hydrogen (secondary N) is 3. The molecule has 10 rings (SSSR count). The van der Waals surface area contributed by atoms with Crippen LogP contribution in [0, 0.1) is 24.2 Å². The summed E-state index contributed by atoms with van der Waals surface area (Å²) in [5, 5.41) is 24.2. The van der Waals surface area contributed by atoms with Crippen LogP contribution in [0.4, 0.5) is 0 Å². The van der Waals surface area contributed by atoms with Gasteiger partial charge in [0.1, 0.15) is 12.0 Å². The second-order valence-electron chi connectivity index (χ2n) is 28.3. The summed E-state index contributed by atoms with van der Waals surface area (Å²) in [7, 11) is 6.46. The lowest BCUT2D eigenvalue weighted by Crippen LogP contribution is -2.46. The summed E-state index contributed by atoms with van der Waals surface area (Å²) < 4.78 is 44.7. The van der Waals surface area contributed by atoms with Gasteiger partial charge in [-0.3, -0.25) is 52.7 Å². The van der Waals surface area contributed by atoms with Crippen LogP contribution in [0.1, 0.15) is 191 Å². The van der Waals surface area contributed by atoms with Crippen molar-refractivity contribution in [1.82, 2.24) is 36.0 Å². The maximum atomic E-state index is 12.3. The smallest absolute Gasteiger partial charge is 0.362 e. The van der Waals surface area contributed by atoms with Crippen LogP contribution >= 0.6 is 70.4 Å². The number of imide groups is 1. The van der Waals surface area contributed by atoms with Gasteiger partial charge in [-0.25, -0.2) is 38.9 Å². The number of ketones is 2. The molecule has 4 heterocycles. The first kappa shape index (κ1) is 124. The van der Waals surface area contributed by atoms with Crippen LogP contribution in [-0.4, -0.2) is 199 Å². The monoisotopic (exact) mass is 2070 g/mol. The van der Waals surface area contributed by atoms with E-state index in [1.165, 1.54) is 35.5 Å². The molecule has 0 bridgehead atoms. The maximum absolute atomic E-state index is 12.3. The number of carbonyl (C=O) groups excluding carboxylic acids is 15. The van der Waals surface area contributed by atoms with Gasteiger partial charge in [0.15, 0.2) is 64.5 Å². The Kier molecular flexibility index (Phi) is 61.0. The molecule has 1 aliphatic rings. The Labute approximate surface area is 850 Å². The first-order valence-electron chi connectivity index (χ1n) is 43.3. The molecule has 41 heteroatoms. The molecule has 760 valence electrons. The highest BCUT2D eigenvalue weighted by Crippen LogP contribution is 2.32. The highest BCUT2D eigenvalue weighted by molar-refractivity contribution is 7.99. The van der Waals surface area contributed by atoms with E-state index in [0.29, 0.717) is 89.7 Å². The van der Waals surface area contributed by atoms with Crippen molar-refractivity contribution in [3.63, 3.8) is 0 Å². The molecule has 35 nitrogen and oxygen atoms in total. The van der Waals surface area contributed by atoms with Crippen LogP contribution in [0.15, 0.2) is 221 Å². The molecule has 1 aliphatic heterocycles. The van der Waals surface area contributed by atoms with E-state index in [4.69, 9.17) is 49.4 Å². The number of halogens is 1. The molecule has 5 amide bonds. The lowest BCUT2D eigenvalue weighted by molar-refractivity contribution is -0.197. The van der Waals surface area contributed by atoms with E-state index < -0.39 is 76.6 Å². The van der Waals surface area contributed by atoms with Gasteiger partial charge in [-0.2, -0.15) is 5.26 Å². The number of hydroxylamine groups is 2. The Balaban J connectivity index is 0.000000558.